The Bertz CT molecular complexity index is 435. The number of benzene rings is 2. The molecule has 2 rings (SSSR count). The van der Waals surface area contributed by atoms with Gasteiger partial charge in [0.05, 0.1) is 0 Å². The molecule has 0 saturated carbocycles. The Hall–Kier alpha value is -1.29. The number of hydrogen-bond acceptors (Lipinski definition) is 2. The molecule has 0 heterocycles. The summed E-state index contributed by atoms with van der Waals surface area (Å²) in [6, 6.07) is 20.2. The van der Waals surface area contributed by atoms with Crippen LogP contribution in [0.5, 0.6) is 0 Å². The van der Waals surface area contributed by atoms with Crippen molar-refractivity contribution in [1.82, 2.24) is 5.32 Å². The predicted molar refractivity (Wildman–Crippen MR) is 81.7 cm³/mol. The molecule has 0 bridgehead atoms. The van der Waals surface area contributed by atoms with Gasteiger partial charge in [-0.2, -0.15) is 0 Å². The fourth-order valence-electron chi connectivity index (χ4n) is 2.07. The van der Waals surface area contributed by atoms with Crippen molar-refractivity contribution in [2.45, 2.75) is 5.25 Å². The van der Waals surface area contributed by atoms with Crippen LogP contribution >= 0.6 is 0 Å². The third kappa shape index (κ3) is 3.83. The molecule has 0 amide bonds. The van der Waals surface area contributed by atoms with Gasteiger partial charge >= 0.3 is 0 Å². The monoisotopic (exact) mass is 273 g/mol. The Balaban J connectivity index is 2.29. The maximum Gasteiger partial charge on any atom is 0.165 e. The average molecular weight is 273 g/mol. The second-order valence-electron chi connectivity index (χ2n) is 4.39. The summed E-state index contributed by atoms with van der Waals surface area (Å²) in [6.07, 6.45) is 0. The molecule has 0 spiro atoms. The van der Waals surface area contributed by atoms with Gasteiger partial charge in [-0.25, -0.2) is 0 Å². The molecule has 0 aliphatic rings. The molecule has 0 radical (unpaired) electrons. The van der Waals surface area contributed by atoms with E-state index >= 15 is 0 Å². The molecule has 0 saturated heterocycles. The maximum atomic E-state index is 12.6. The van der Waals surface area contributed by atoms with E-state index in [1.807, 2.05) is 43.4 Å². The zero-order valence-electron chi connectivity index (χ0n) is 11.1. The van der Waals surface area contributed by atoms with Gasteiger partial charge in [-0.3, -0.25) is 0 Å². The highest BCUT2D eigenvalue weighted by Gasteiger charge is 2.25. The fourth-order valence-corrected chi connectivity index (χ4v) is 3.63. The largest absolute Gasteiger partial charge is 0.616 e. The zero-order chi connectivity index (χ0) is 13.5. The van der Waals surface area contributed by atoms with Gasteiger partial charge in [-0.1, -0.05) is 60.7 Å². The molecule has 2 aromatic carbocycles. The molecule has 1 atom stereocenters. The molecule has 19 heavy (non-hydrogen) atoms. The molecule has 1 unspecified atom stereocenters. The van der Waals surface area contributed by atoms with Crippen molar-refractivity contribution < 1.29 is 4.55 Å². The fraction of sp³-hybridized carbons (Fsp3) is 0.250. The predicted octanol–water partition coefficient (Wildman–Crippen LogP) is 2.74. The van der Waals surface area contributed by atoms with Crippen LogP contribution in [0, 0.1) is 0 Å². The number of hydrogen-bond donors (Lipinski definition) is 1. The first-order chi connectivity index (χ1) is 9.33. The van der Waals surface area contributed by atoms with Crippen LogP contribution in [0.3, 0.4) is 0 Å². The molecule has 1 N–H and O–H groups in total. The minimum Gasteiger partial charge on any atom is -0.616 e. The van der Waals surface area contributed by atoms with Gasteiger partial charge in [0.2, 0.25) is 0 Å². The summed E-state index contributed by atoms with van der Waals surface area (Å²) in [4.78, 5) is 0. The van der Waals surface area contributed by atoms with Crippen LogP contribution in [-0.4, -0.2) is 23.9 Å². The third-order valence-corrected chi connectivity index (χ3v) is 4.70. The number of rotatable bonds is 6. The van der Waals surface area contributed by atoms with Gasteiger partial charge in [0.1, 0.15) is 5.75 Å². The van der Waals surface area contributed by atoms with Crippen LogP contribution in [0.25, 0.3) is 0 Å². The Morgan fingerprint density at radius 2 is 1.42 bits per heavy atom. The molecule has 2 aromatic rings. The van der Waals surface area contributed by atoms with E-state index in [-0.39, 0.29) is 5.25 Å². The summed E-state index contributed by atoms with van der Waals surface area (Å²) >= 11 is -0.922. The van der Waals surface area contributed by atoms with Gasteiger partial charge in [-0.15, -0.1) is 0 Å². The molecule has 100 valence electrons. The summed E-state index contributed by atoms with van der Waals surface area (Å²) in [5.74, 6) is 0.658. The van der Waals surface area contributed by atoms with Gasteiger partial charge in [0.25, 0.3) is 0 Å². The van der Waals surface area contributed by atoms with Gasteiger partial charge in [0.15, 0.2) is 5.25 Å². The molecule has 0 fully saturated rings. The second kappa shape index (κ2) is 7.34. The zero-order valence-corrected chi connectivity index (χ0v) is 11.9. The second-order valence-corrected chi connectivity index (χ2v) is 6.03. The summed E-state index contributed by atoms with van der Waals surface area (Å²) in [5.41, 5.74) is 2.23. The molecule has 0 aromatic heterocycles. The van der Waals surface area contributed by atoms with E-state index in [0.29, 0.717) is 5.75 Å². The lowest BCUT2D eigenvalue weighted by molar-refractivity contribution is 0.585. The SMILES string of the molecule is CNCC[S+]([O-])C(c1ccccc1)c1ccccc1. The van der Waals surface area contributed by atoms with Crippen LogP contribution in [0.15, 0.2) is 60.7 Å². The van der Waals surface area contributed by atoms with Crippen molar-refractivity contribution in [1.29, 1.82) is 0 Å². The highest BCUT2D eigenvalue weighted by molar-refractivity contribution is 7.91. The van der Waals surface area contributed by atoms with E-state index < -0.39 is 11.2 Å². The first-order valence-electron chi connectivity index (χ1n) is 6.44. The minimum atomic E-state index is -0.922. The first-order valence-corrected chi connectivity index (χ1v) is 7.83. The summed E-state index contributed by atoms with van der Waals surface area (Å²) < 4.78 is 12.6. The molecular formula is C16H19NOS. The third-order valence-electron chi connectivity index (χ3n) is 3.02. The first kappa shape index (κ1) is 14.1. The van der Waals surface area contributed by atoms with Crippen molar-refractivity contribution in [3.63, 3.8) is 0 Å². The van der Waals surface area contributed by atoms with E-state index in [0.717, 1.165) is 17.7 Å². The standard InChI is InChI=1S/C16H19NOS/c1-17-12-13-19(18)16(14-8-4-2-5-9-14)15-10-6-3-7-11-15/h2-11,16-17H,12-13H2,1H3. The molecule has 0 aliphatic carbocycles. The van der Waals surface area contributed by atoms with E-state index in [1.165, 1.54) is 0 Å². The normalized spacial score (nSPS) is 12.6. The lowest BCUT2D eigenvalue weighted by Gasteiger charge is -2.22. The smallest absolute Gasteiger partial charge is 0.165 e. The van der Waals surface area contributed by atoms with Gasteiger partial charge < -0.3 is 9.87 Å². The lowest BCUT2D eigenvalue weighted by Crippen LogP contribution is -2.24. The van der Waals surface area contributed by atoms with Crippen LogP contribution in [0.4, 0.5) is 0 Å². The van der Waals surface area contributed by atoms with Gasteiger partial charge in [0, 0.05) is 17.7 Å². The molecule has 2 nitrogen and oxygen atoms in total. The maximum absolute atomic E-state index is 12.6. The highest BCUT2D eigenvalue weighted by Crippen LogP contribution is 2.30. The minimum absolute atomic E-state index is 0.0456. The van der Waals surface area contributed by atoms with Crippen molar-refractivity contribution in [3.8, 4) is 0 Å². The Labute approximate surface area is 118 Å². The quantitative estimate of drug-likeness (QED) is 0.821. The van der Waals surface area contributed by atoms with Crippen molar-refractivity contribution >= 4 is 11.2 Å². The molecular weight excluding hydrogens is 254 g/mol. The topological polar surface area (TPSA) is 35.1 Å². The summed E-state index contributed by atoms with van der Waals surface area (Å²) in [6.45, 7) is 0.767. The lowest BCUT2D eigenvalue weighted by atomic mass is 10.0. The van der Waals surface area contributed by atoms with Crippen LogP contribution in [0.2, 0.25) is 0 Å². The Morgan fingerprint density at radius 1 is 0.947 bits per heavy atom. The van der Waals surface area contributed by atoms with Crippen LogP contribution < -0.4 is 5.32 Å². The molecule has 3 heteroatoms. The summed E-state index contributed by atoms with van der Waals surface area (Å²) in [5, 5.41) is 3.02. The van der Waals surface area contributed by atoms with Gasteiger partial charge in [-0.05, 0) is 18.2 Å². The van der Waals surface area contributed by atoms with Crippen LogP contribution in [0.1, 0.15) is 16.4 Å². The molecule has 0 aliphatic heterocycles. The van der Waals surface area contributed by atoms with E-state index in [2.05, 4.69) is 29.6 Å². The van der Waals surface area contributed by atoms with Crippen LogP contribution in [-0.2, 0) is 11.2 Å². The van der Waals surface area contributed by atoms with Crippen molar-refractivity contribution in [2.75, 3.05) is 19.3 Å². The summed E-state index contributed by atoms with van der Waals surface area (Å²) in [7, 11) is 1.89. The van der Waals surface area contributed by atoms with E-state index in [4.69, 9.17) is 0 Å². The Kier molecular flexibility index (Phi) is 5.45. The van der Waals surface area contributed by atoms with Crippen molar-refractivity contribution in [2.24, 2.45) is 0 Å². The van der Waals surface area contributed by atoms with Crippen molar-refractivity contribution in [3.05, 3.63) is 71.8 Å². The number of nitrogens with one attached hydrogen (secondary N) is 1. The highest BCUT2D eigenvalue weighted by atomic mass is 32.2. The van der Waals surface area contributed by atoms with E-state index in [1.54, 1.807) is 0 Å². The Morgan fingerprint density at radius 3 is 1.84 bits per heavy atom. The average Bonchev–Trinajstić information content (AvgIpc) is 2.47. The van der Waals surface area contributed by atoms with E-state index in [9.17, 15) is 4.55 Å².